The first kappa shape index (κ1) is 16.1. The van der Waals surface area contributed by atoms with E-state index in [1.807, 2.05) is 17.0 Å². The molecule has 5 nitrogen and oxygen atoms in total. The predicted molar refractivity (Wildman–Crippen MR) is 91.8 cm³/mol. The number of amides is 1. The van der Waals surface area contributed by atoms with Gasteiger partial charge in [-0.1, -0.05) is 13.3 Å². The van der Waals surface area contributed by atoms with Crippen LogP contribution in [0.4, 0.5) is 0 Å². The van der Waals surface area contributed by atoms with Crippen molar-refractivity contribution in [1.82, 2.24) is 9.80 Å². The lowest BCUT2D eigenvalue weighted by Gasteiger charge is -2.31. The second kappa shape index (κ2) is 6.35. The van der Waals surface area contributed by atoms with Crippen LogP contribution in [0.1, 0.15) is 30.9 Å². The Kier molecular flexibility index (Phi) is 4.43. The Hall–Kier alpha value is -1.82. The summed E-state index contributed by atoms with van der Waals surface area (Å²) in [6.07, 6.45) is 2.68. The highest BCUT2D eigenvalue weighted by Gasteiger charge is 2.44. The Morgan fingerprint density at radius 2 is 1.87 bits per heavy atom. The molecule has 1 amide bonds. The second-order valence-electron chi connectivity index (χ2n) is 5.95. The fourth-order valence-electron chi connectivity index (χ4n) is 3.29. The van der Waals surface area contributed by atoms with E-state index in [4.69, 9.17) is 21.7 Å². The number of rotatable bonds is 5. The zero-order valence-electron chi connectivity index (χ0n) is 13.8. The molecule has 0 radical (unpaired) electrons. The molecular weight excluding hydrogens is 312 g/mol. The van der Waals surface area contributed by atoms with Gasteiger partial charge in [-0.05, 0) is 41.9 Å². The Balaban J connectivity index is 1.90. The molecule has 0 bridgehead atoms. The van der Waals surface area contributed by atoms with E-state index in [-0.39, 0.29) is 11.9 Å². The van der Waals surface area contributed by atoms with Crippen molar-refractivity contribution >= 4 is 23.2 Å². The number of carbonyl (C=O) groups is 1. The van der Waals surface area contributed by atoms with Gasteiger partial charge in [-0.25, -0.2) is 0 Å². The van der Waals surface area contributed by atoms with Gasteiger partial charge in [0.05, 0.1) is 14.2 Å². The average Bonchev–Trinajstić information content (AvgIpc) is 2.80. The van der Waals surface area contributed by atoms with E-state index in [9.17, 15) is 4.79 Å². The number of thiocarbonyl (C=S) groups is 1. The van der Waals surface area contributed by atoms with Crippen LogP contribution in [0.5, 0.6) is 11.5 Å². The minimum atomic E-state index is -0.176. The van der Waals surface area contributed by atoms with Crippen LogP contribution < -0.4 is 9.47 Å². The molecule has 2 heterocycles. The van der Waals surface area contributed by atoms with Gasteiger partial charge < -0.3 is 14.4 Å². The quantitative estimate of drug-likeness (QED) is 0.773. The smallest absolute Gasteiger partial charge is 0.251 e. The van der Waals surface area contributed by atoms with Crippen LogP contribution in [0.2, 0.25) is 0 Å². The highest BCUT2D eigenvalue weighted by Crippen LogP contribution is 2.37. The highest BCUT2D eigenvalue weighted by atomic mass is 32.1. The highest BCUT2D eigenvalue weighted by molar-refractivity contribution is 7.80. The fraction of sp³-hybridized carbons (Fsp3) is 0.529. The van der Waals surface area contributed by atoms with Gasteiger partial charge in [0.1, 0.15) is 6.04 Å². The second-order valence-corrected chi connectivity index (χ2v) is 6.31. The van der Waals surface area contributed by atoms with Crippen molar-refractivity contribution in [1.29, 1.82) is 0 Å². The Labute approximate surface area is 142 Å². The normalized spacial score (nSPS) is 19.7. The van der Waals surface area contributed by atoms with E-state index in [2.05, 4.69) is 6.92 Å². The third-order valence-corrected chi connectivity index (χ3v) is 5.05. The summed E-state index contributed by atoms with van der Waals surface area (Å²) in [6, 6.07) is 3.80. The summed E-state index contributed by atoms with van der Waals surface area (Å²) in [6.45, 7) is 3.48. The number of hydrogen-bond acceptors (Lipinski definition) is 4. The van der Waals surface area contributed by atoms with Gasteiger partial charge in [0.2, 0.25) is 0 Å². The largest absolute Gasteiger partial charge is 0.493 e. The van der Waals surface area contributed by atoms with Gasteiger partial charge in [0, 0.05) is 19.5 Å². The van der Waals surface area contributed by atoms with Crippen LogP contribution in [0, 0.1) is 0 Å². The molecule has 23 heavy (non-hydrogen) atoms. The first-order valence-electron chi connectivity index (χ1n) is 7.96. The zero-order valence-corrected chi connectivity index (χ0v) is 14.6. The fourth-order valence-corrected chi connectivity index (χ4v) is 3.66. The number of ether oxygens (including phenoxy) is 2. The summed E-state index contributed by atoms with van der Waals surface area (Å²) in [7, 11) is 3.26. The topological polar surface area (TPSA) is 42.0 Å². The molecule has 0 aromatic heterocycles. The van der Waals surface area contributed by atoms with E-state index in [1.54, 1.807) is 19.1 Å². The molecule has 6 heteroatoms. The van der Waals surface area contributed by atoms with Gasteiger partial charge >= 0.3 is 0 Å². The molecule has 0 aliphatic carbocycles. The zero-order chi connectivity index (χ0) is 16.6. The van der Waals surface area contributed by atoms with Crippen molar-refractivity contribution in [2.45, 2.75) is 38.8 Å². The van der Waals surface area contributed by atoms with Gasteiger partial charge in [0.25, 0.3) is 5.91 Å². The van der Waals surface area contributed by atoms with Crippen molar-refractivity contribution in [3.8, 4) is 11.5 Å². The van der Waals surface area contributed by atoms with Crippen molar-refractivity contribution < 1.29 is 14.3 Å². The molecule has 0 spiro atoms. The average molecular weight is 334 g/mol. The van der Waals surface area contributed by atoms with Gasteiger partial charge in [-0.15, -0.1) is 0 Å². The SMILES string of the molecule is CCCCN1C(=O)C2Cc3cc(OC)c(OC)cc3CN2C1=S. The van der Waals surface area contributed by atoms with Gasteiger partial charge in [-0.2, -0.15) is 0 Å². The van der Waals surface area contributed by atoms with E-state index < -0.39 is 0 Å². The Morgan fingerprint density at radius 3 is 2.48 bits per heavy atom. The summed E-state index contributed by atoms with van der Waals surface area (Å²) >= 11 is 5.54. The minimum Gasteiger partial charge on any atom is -0.493 e. The summed E-state index contributed by atoms with van der Waals surface area (Å²) in [5, 5.41) is 0.661. The van der Waals surface area contributed by atoms with Gasteiger partial charge in [-0.3, -0.25) is 9.69 Å². The third-order valence-electron chi connectivity index (χ3n) is 4.60. The maximum atomic E-state index is 12.7. The lowest BCUT2D eigenvalue weighted by atomic mass is 9.94. The first-order chi connectivity index (χ1) is 11.1. The molecule has 1 aromatic carbocycles. The first-order valence-corrected chi connectivity index (χ1v) is 8.37. The molecule has 1 saturated heterocycles. The predicted octanol–water partition coefficient (Wildman–Crippen LogP) is 2.36. The van der Waals surface area contributed by atoms with Crippen molar-refractivity contribution in [3.63, 3.8) is 0 Å². The maximum Gasteiger partial charge on any atom is 0.251 e. The van der Waals surface area contributed by atoms with Crippen molar-refractivity contribution in [2.75, 3.05) is 20.8 Å². The molecule has 1 atom stereocenters. The lowest BCUT2D eigenvalue weighted by molar-refractivity contribution is -0.128. The molecule has 0 N–H and O–H groups in total. The number of hydrogen-bond donors (Lipinski definition) is 0. The summed E-state index contributed by atoms with van der Waals surface area (Å²) < 4.78 is 10.8. The monoisotopic (exact) mass is 334 g/mol. The molecule has 1 aromatic rings. The minimum absolute atomic E-state index is 0.129. The molecule has 124 valence electrons. The summed E-state index contributed by atoms with van der Waals surface area (Å²) in [5.41, 5.74) is 2.28. The van der Waals surface area contributed by atoms with Crippen molar-refractivity contribution in [3.05, 3.63) is 23.3 Å². The van der Waals surface area contributed by atoms with Gasteiger partial charge in [0.15, 0.2) is 16.6 Å². The van der Waals surface area contributed by atoms with Crippen LogP contribution in [-0.2, 0) is 17.8 Å². The summed E-state index contributed by atoms with van der Waals surface area (Å²) in [5.74, 6) is 1.54. The molecule has 1 fully saturated rings. The van der Waals surface area contributed by atoms with Crippen LogP contribution >= 0.6 is 12.2 Å². The van der Waals surface area contributed by atoms with E-state index in [1.165, 1.54) is 0 Å². The van der Waals surface area contributed by atoms with Crippen LogP contribution in [0.3, 0.4) is 0 Å². The summed E-state index contributed by atoms with van der Waals surface area (Å²) in [4.78, 5) is 16.5. The number of carbonyl (C=O) groups excluding carboxylic acids is 1. The van der Waals surface area contributed by atoms with Crippen LogP contribution in [0.25, 0.3) is 0 Å². The van der Waals surface area contributed by atoms with Crippen LogP contribution in [0.15, 0.2) is 12.1 Å². The molecule has 0 saturated carbocycles. The standard InChI is InChI=1S/C17H22N2O3S/c1-4-5-6-18-16(20)13-7-11-8-14(21-2)15(22-3)9-12(11)10-19(13)17(18)23/h8-9,13H,4-7,10H2,1-3H3. The lowest BCUT2D eigenvalue weighted by Crippen LogP contribution is -2.40. The Morgan fingerprint density at radius 1 is 1.22 bits per heavy atom. The number of nitrogens with zero attached hydrogens (tertiary/aromatic N) is 2. The Bertz CT molecular complexity index is 596. The van der Waals surface area contributed by atoms with E-state index in [0.29, 0.717) is 36.1 Å². The van der Waals surface area contributed by atoms with Crippen LogP contribution in [-0.4, -0.2) is 47.6 Å². The molecular formula is C17H22N2O3S. The molecule has 3 rings (SSSR count). The third kappa shape index (κ3) is 2.65. The van der Waals surface area contributed by atoms with E-state index >= 15 is 0 Å². The number of fused-ring (bicyclic) bond motifs is 2. The van der Waals surface area contributed by atoms with E-state index in [0.717, 1.165) is 24.0 Å². The number of unbranched alkanes of at least 4 members (excludes halogenated alkanes) is 1. The molecule has 2 aliphatic heterocycles. The molecule has 2 aliphatic rings. The number of methoxy groups -OCH3 is 2. The maximum absolute atomic E-state index is 12.7. The number of benzene rings is 1. The molecule has 1 unspecified atom stereocenters. The van der Waals surface area contributed by atoms with Crippen molar-refractivity contribution in [2.24, 2.45) is 0 Å².